The Hall–Kier alpha value is -0.560. The highest BCUT2D eigenvalue weighted by Crippen LogP contribution is 2.70. The number of hydrogen-bond acceptors (Lipinski definition) is 0. The second kappa shape index (κ2) is 3.98. The number of alkyl halides is 1. The molecule has 0 amide bonds. The minimum atomic E-state index is -0.180. The van der Waals surface area contributed by atoms with Gasteiger partial charge in [-0.15, -0.1) is 11.6 Å². The quantitative estimate of drug-likeness (QED) is 0.689. The Morgan fingerprint density at radius 1 is 1.24 bits per heavy atom. The van der Waals surface area contributed by atoms with Crippen LogP contribution >= 0.6 is 11.6 Å². The third-order valence-corrected chi connectivity index (χ3v) is 5.22. The third-order valence-electron chi connectivity index (χ3n) is 4.81. The van der Waals surface area contributed by atoms with E-state index < -0.39 is 0 Å². The summed E-state index contributed by atoms with van der Waals surface area (Å²) in [5.41, 5.74) is 1.56. The number of rotatable bonds is 3. The van der Waals surface area contributed by atoms with Crippen LogP contribution in [0, 0.1) is 22.6 Å². The molecule has 94 valence electrons. The lowest BCUT2D eigenvalue weighted by molar-refractivity contribution is 0.457. The fourth-order valence-corrected chi connectivity index (χ4v) is 3.97. The van der Waals surface area contributed by atoms with Gasteiger partial charge in [0.25, 0.3) is 0 Å². The van der Waals surface area contributed by atoms with E-state index in [0.717, 1.165) is 12.0 Å². The Labute approximate surface area is 108 Å². The number of benzene rings is 1. The number of hydrogen-bond donors (Lipinski definition) is 0. The molecule has 0 aromatic heterocycles. The molecule has 0 heterocycles. The molecule has 2 rings (SSSR count). The van der Waals surface area contributed by atoms with Gasteiger partial charge in [-0.25, -0.2) is 4.39 Å². The van der Waals surface area contributed by atoms with E-state index in [0.29, 0.717) is 5.92 Å². The molecule has 1 aromatic carbocycles. The van der Waals surface area contributed by atoms with Crippen LogP contribution < -0.4 is 0 Å². The van der Waals surface area contributed by atoms with Crippen molar-refractivity contribution < 1.29 is 4.39 Å². The van der Waals surface area contributed by atoms with Crippen molar-refractivity contribution in [2.75, 3.05) is 0 Å². The molecule has 17 heavy (non-hydrogen) atoms. The van der Waals surface area contributed by atoms with Crippen molar-refractivity contribution in [1.29, 1.82) is 0 Å². The highest BCUT2D eigenvalue weighted by molar-refractivity contribution is 6.21. The third kappa shape index (κ3) is 2.10. The summed E-state index contributed by atoms with van der Waals surface area (Å²) in [4.78, 5) is 0. The maximum absolute atomic E-state index is 13.1. The molecule has 0 N–H and O–H groups in total. The molecular formula is C15H20ClF. The zero-order valence-corrected chi connectivity index (χ0v) is 11.7. The van der Waals surface area contributed by atoms with Crippen molar-refractivity contribution in [3.8, 4) is 0 Å². The zero-order chi connectivity index (χ0) is 12.8. The minimum Gasteiger partial charge on any atom is -0.207 e. The molecule has 0 nitrogen and oxygen atoms in total. The average Bonchev–Trinajstić information content (AvgIpc) is 2.56. The molecule has 0 aliphatic heterocycles. The summed E-state index contributed by atoms with van der Waals surface area (Å²) >= 11 is 6.51. The summed E-state index contributed by atoms with van der Waals surface area (Å²) in [5, 5.41) is 0.0850. The van der Waals surface area contributed by atoms with Gasteiger partial charge in [0.2, 0.25) is 0 Å². The molecule has 0 spiro atoms. The van der Waals surface area contributed by atoms with Crippen LogP contribution in [0.2, 0.25) is 0 Å². The van der Waals surface area contributed by atoms with E-state index >= 15 is 0 Å². The van der Waals surface area contributed by atoms with Gasteiger partial charge >= 0.3 is 0 Å². The molecule has 1 atom stereocenters. The Balaban J connectivity index is 2.07. The molecule has 1 aromatic rings. The first-order valence-electron chi connectivity index (χ1n) is 6.15. The summed E-state index contributed by atoms with van der Waals surface area (Å²) in [5.74, 6) is 0.320. The summed E-state index contributed by atoms with van der Waals surface area (Å²) < 4.78 is 13.1. The van der Waals surface area contributed by atoms with E-state index in [9.17, 15) is 4.39 Å². The maximum atomic E-state index is 13.1. The van der Waals surface area contributed by atoms with E-state index in [4.69, 9.17) is 11.6 Å². The largest absolute Gasteiger partial charge is 0.207 e. The van der Waals surface area contributed by atoms with Crippen LogP contribution in [0.15, 0.2) is 24.3 Å². The van der Waals surface area contributed by atoms with Crippen molar-refractivity contribution >= 4 is 11.6 Å². The highest BCUT2D eigenvalue weighted by Gasteiger charge is 2.66. The smallest absolute Gasteiger partial charge is 0.123 e. The van der Waals surface area contributed by atoms with Crippen molar-refractivity contribution in [3.63, 3.8) is 0 Å². The zero-order valence-electron chi connectivity index (χ0n) is 10.9. The van der Waals surface area contributed by atoms with Gasteiger partial charge < -0.3 is 0 Å². The fraction of sp³-hybridized carbons (Fsp3) is 0.600. The molecule has 0 saturated heterocycles. The molecule has 1 fully saturated rings. The number of halogens is 2. The van der Waals surface area contributed by atoms with E-state index in [2.05, 4.69) is 27.7 Å². The fourth-order valence-electron chi connectivity index (χ4n) is 3.16. The maximum Gasteiger partial charge on any atom is 0.123 e. The van der Waals surface area contributed by atoms with Crippen molar-refractivity contribution in [2.45, 2.75) is 39.5 Å². The second-order valence-electron chi connectivity index (χ2n) is 6.27. The lowest BCUT2D eigenvalue weighted by Crippen LogP contribution is -2.11. The first-order chi connectivity index (χ1) is 7.76. The van der Waals surface area contributed by atoms with Gasteiger partial charge in [0.05, 0.1) is 0 Å². The SMILES string of the molecule is CC1(C)C(C(Cl)Cc2cccc(F)c2)C1(C)C. The average molecular weight is 255 g/mol. The van der Waals surface area contributed by atoms with Crippen LogP contribution in [0.4, 0.5) is 4.39 Å². The predicted octanol–water partition coefficient (Wildman–Crippen LogP) is 4.66. The van der Waals surface area contributed by atoms with Gasteiger partial charge in [-0.1, -0.05) is 39.8 Å². The van der Waals surface area contributed by atoms with E-state index in [1.54, 1.807) is 12.1 Å². The lowest BCUT2D eigenvalue weighted by atomic mass is 10.0. The standard InChI is InChI=1S/C15H20ClF/c1-14(2)13(15(14,3)4)12(16)9-10-6-5-7-11(17)8-10/h5-8,12-13H,9H2,1-4H3. The van der Waals surface area contributed by atoms with Gasteiger partial charge in [-0.05, 0) is 40.9 Å². The topological polar surface area (TPSA) is 0 Å². The molecule has 1 aliphatic carbocycles. The van der Waals surface area contributed by atoms with Crippen molar-refractivity contribution in [1.82, 2.24) is 0 Å². The van der Waals surface area contributed by atoms with Crippen LogP contribution in [0.25, 0.3) is 0 Å². The monoisotopic (exact) mass is 254 g/mol. The first kappa shape index (κ1) is 12.9. The van der Waals surface area contributed by atoms with Gasteiger partial charge in [0.1, 0.15) is 5.82 Å². The van der Waals surface area contributed by atoms with Crippen LogP contribution in [-0.2, 0) is 6.42 Å². The summed E-state index contributed by atoms with van der Waals surface area (Å²) in [6.07, 6.45) is 0.747. The molecule has 1 unspecified atom stereocenters. The highest BCUT2D eigenvalue weighted by atomic mass is 35.5. The molecule has 0 radical (unpaired) electrons. The summed E-state index contributed by atoms with van der Waals surface area (Å²) in [6.45, 7) is 9.05. The van der Waals surface area contributed by atoms with Gasteiger partial charge in [-0.2, -0.15) is 0 Å². The normalized spacial score (nSPS) is 23.4. The van der Waals surface area contributed by atoms with E-state index in [1.165, 1.54) is 6.07 Å². The minimum absolute atomic E-state index is 0.0850. The molecular weight excluding hydrogens is 235 g/mol. The van der Waals surface area contributed by atoms with Crippen molar-refractivity contribution in [2.24, 2.45) is 16.7 Å². The molecule has 0 bridgehead atoms. The lowest BCUT2D eigenvalue weighted by Gasteiger charge is -2.11. The Morgan fingerprint density at radius 2 is 1.82 bits per heavy atom. The molecule has 1 aliphatic rings. The first-order valence-corrected chi connectivity index (χ1v) is 6.59. The van der Waals surface area contributed by atoms with Crippen LogP contribution in [-0.4, -0.2) is 5.38 Å². The van der Waals surface area contributed by atoms with Gasteiger partial charge in [-0.3, -0.25) is 0 Å². The van der Waals surface area contributed by atoms with Gasteiger partial charge in [0.15, 0.2) is 0 Å². The van der Waals surface area contributed by atoms with E-state index in [-0.39, 0.29) is 22.0 Å². The Bertz CT molecular complexity index is 409. The van der Waals surface area contributed by atoms with Crippen molar-refractivity contribution in [3.05, 3.63) is 35.6 Å². The molecule has 2 heteroatoms. The van der Waals surface area contributed by atoms with Gasteiger partial charge in [0, 0.05) is 5.38 Å². The Morgan fingerprint density at radius 3 is 2.29 bits per heavy atom. The van der Waals surface area contributed by atoms with E-state index in [1.807, 2.05) is 6.07 Å². The second-order valence-corrected chi connectivity index (χ2v) is 6.83. The van der Waals surface area contributed by atoms with Crippen LogP contribution in [0.1, 0.15) is 33.3 Å². The Kier molecular flexibility index (Phi) is 3.02. The molecule has 1 saturated carbocycles. The van der Waals surface area contributed by atoms with Crippen LogP contribution in [0.3, 0.4) is 0 Å². The predicted molar refractivity (Wildman–Crippen MR) is 70.8 cm³/mol. The summed E-state index contributed by atoms with van der Waals surface area (Å²) in [7, 11) is 0. The summed E-state index contributed by atoms with van der Waals surface area (Å²) in [6, 6.07) is 6.74. The van der Waals surface area contributed by atoms with Crippen LogP contribution in [0.5, 0.6) is 0 Å².